The average molecular weight is 285 g/mol. The Kier molecular flexibility index (Phi) is 2.91. The molecule has 1 N–H and O–H groups in total. The van der Waals surface area contributed by atoms with Gasteiger partial charge in [-0.2, -0.15) is 0 Å². The third kappa shape index (κ3) is 1.76. The van der Waals surface area contributed by atoms with Gasteiger partial charge < -0.3 is 5.11 Å². The number of hydrogen-bond donors (Lipinski definition) is 1. The Morgan fingerprint density at radius 3 is 2.50 bits per heavy atom. The van der Waals surface area contributed by atoms with Gasteiger partial charge in [0, 0.05) is 16.7 Å². The molecule has 0 bridgehead atoms. The maximum atomic E-state index is 11.1. The van der Waals surface area contributed by atoms with Crippen molar-refractivity contribution in [2.75, 3.05) is 0 Å². The molecule has 0 saturated carbocycles. The molecule has 20 heavy (non-hydrogen) atoms. The second kappa shape index (κ2) is 4.50. The molecule has 2 nitrogen and oxygen atoms in total. The highest BCUT2D eigenvalue weighted by molar-refractivity contribution is 6.35. The molecule has 0 aromatic heterocycles. The fourth-order valence-corrected chi connectivity index (χ4v) is 3.06. The molecular weight excluding hydrogens is 272 g/mol. The molecule has 1 aliphatic carbocycles. The molecule has 0 atom stereocenters. The van der Waals surface area contributed by atoms with Crippen molar-refractivity contribution in [1.29, 1.82) is 0 Å². The summed E-state index contributed by atoms with van der Waals surface area (Å²) in [6, 6.07) is 9.61. The van der Waals surface area contributed by atoms with Crippen molar-refractivity contribution in [3.8, 4) is 11.1 Å². The van der Waals surface area contributed by atoms with E-state index in [4.69, 9.17) is 16.7 Å². The second-order valence-electron chi connectivity index (χ2n) is 4.99. The van der Waals surface area contributed by atoms with E-state index in [-0.39, 0.29) is 0 Å². The van der Waals surface area contributed by atoms with E-state index in [1.165, 1.54) is 11.6 Å². The number of carbonyl (C=O) groups is 1. The maximum absolute atomic E-state index is 11.1. The number of rotatable bonds is 1. The molecule has 0 spiro atoms. The summed E-state index contributed by atoms with van der Waals surface area (Å²) in [6.45, 7) is 4.09. The SMILES string of the molecule is Cc1ccc2c(c1C)-c1c(Cl)cccc1/C2=C/C(=O)O. The van der Waals surface area contributed by atoms with Crippen molar-refractivity contribution in [2.24, 2.45) is 0 Å². The zero-order valence-corrected chi connectivity index (χ0v) is 12.0. The van der Waals surface area contributed by atoms with Gasteiger partial charge >= 0.3 is 5.97 Å². The van der Waals surface area contributed by atoms with Crippen LogP contribution in [-0.4, -0.2) is 11.1 Å². The first-order valence-electron chi connectivity index (χ1n) is 6.35. The van der Waals surface area contributed by atoms with Gasteiger partial charge in [-0.25, -0.2) is 4.79 Å². The van der Waals surface area contributed by atoms with Gasteiger partial charge in [0.2, 0.25) is 0 Å². The molecule has 2 aromatic carbocycles. The molecule has 3 heteroatoms. The first-order valence-corrected chi connectivity index (χ1v) is 6.73. The van der Waals surface area contributed by atoms with E-state index in [1.807, 2.05) is 44.2 Å². The van der Waals surface area contributed by atoms with Gasteiger partial charge in [0.1, 0.15) is 0 Å². The molecular formula is C17H13ClO2. The molecule has 1 aliphatic rings. The first kappa shape index (κ1) is 12.9. The van der Waals surface area contributed by atoms with Crippen LogP contribution in [0.4, 0.5) is 0 Å². The molecule has 2 aromatic rings. The van der Waals surface area contributed by atoms with Crippen LogP contribution < -0.4 is 0 Å². The Morgan fingerprint density at radius 1 is 1.10 bits per heavy atom. The van der Waals surface area contributed by atoms with Crippen LogP contribution in [0.5, 0.6) is 0 Å². The van der Waals surface area contributed by atoms with Gasteiger partial charge in [0.25, 0.3) is 0 Å². The van der Waals surface area contributed by atoms with Crippen molar-refractivity contribution in [3.63, 3.8) is 0 Å². The lowest BCUT2D eigenvalue weighted by atomic mass is 9.96. The highest BCUT2D eigenvalue weighted by Gasteiger charge is 2.27. The molecule has 0 saturated heterocycles. The fraction of sp³-hybridized carbons (Fsp3) is 0.118. The van der Waals surface area contributed by atoms with Crippen LogP contribution in [0.25, 0.3) is 16.7 Å². The van der Waals surface area contributed by atoms with E-state index in [1.54, 1.807) is 0 Å². The van der Waals surface area contributed by atoms with E-state index in [0.717, 1.165) is 33.4 Å². The smallest absolute Gasteiger partial charge is 0.328 e. The third-order valence-corrected chi connectivity index (χ3v) is 4.16. The first-order chi connectivity index (χ1) is 9.50. The number of aryl methyl sites for hydroxylation is 1. The van der Waals surface area contributed by atoms with Crippen LogP contribution in [0, 0.1) is 13.8 Å². The lowest BCUT2D eigenvalue weighted by Gasteiger charge is -2.09. The number of halogens is 1. The van der Waals surface area contributed by atoms with Crippen molar-refractivity contribution in [2.45, 2.75) is 13.8 Å². The number of hydrogen-bond acceptors (Lipinski definition) is 1. The van der Waals surface area contributed by atoms with Gasteiger partial charge in [0.05, 0.1) is 0 Å². The molecule has 0 radical (unpaired) electrons. The summed E-state index contributed by atoms with van der Waals surface area (Å²) in [5.41, 5.74) is 6.88. The van der Waals surface area contributed by atoms with Crippen molar-refractivity contribution in [3.05, 3.63) is 63.7 Å². The predicted octanol–water partition coefficient (Wildman–Crippen LogP) is 4.45. The van der Waals surface area contributed by atoms with Crippen LogP contribution in [0.2, 0.25) is 5.02 Å². The summed E-state index contributed by atoms with van der Waals surface area (Å²) < 4.78 is 0. The highest BCUT2D eigenvalue weighted by Crippen LogP contribution is 2.49. The minimum atomic E-state index is -0.947. The van der Waals surface area contributed by atoms with Crippen LogP contribution in [0.15, 0.2) is 36.4 Å². The van der Waals surface area contributed by atoms with Crippen molar-refractivity contribution < 1.29 is 9.90 Å². The lowest BCUT2D eigenvalue weighted by Crippen LogP contribution is -1.92. The van der Waals surface area contributed by atoms with E-state index >= 15 is 0 Å². The predicted molar refractivity (Wildman–Crippen MR) is 81.1 cm³/mol. The van der Waals surface area contributed by atoms with Gasteiger partial charge in [0.15, 0.2) is 0 Å². The summed E-state index contributed by atoms with van der Waals surface area (Å²) >= 11 is 6.35. The summed E-state index contributed by atoms with van der Waals surface area (Å²) in [5.74, 6) is -0.947. The molecule has 0 unspecified atom stereocenters. The molecule has 0 heterocycles. The molecule has 0 aliphatic heterocycles. The van der Waals surface area contributed by atoms with E-state index in [9.17, 15) is 4.79 Å². The number of carboxylic acids is 1. The minimum absolute atomic E-state index is 0.659. The van der Waals surface area contributed by atoms with Gasteiger partial charge in [-0.15, -0.1) is 0 Å². The van der Waals surface area contributed by atoms with Crippen LogP contribution in [-0.2, 0) is 4.79 Å². The van der Waals surface area contributed by atoms with Crippen molar-refractivity contribution in [1.82, 2.24) is 0 Å². The fourth-order valence-electron chi connectivity index (χ4n) is 2.79. The summed E-state index contributed by atoms with van der Waals surface area (Å²) in [4.78, 5) is 11.1. The molecule has 3 rings (SSSR count). The topological polar surface area (TPSA) is 37.3 Å². The van der Waals surface area contributed by atoms with E-state index < -0.39 is 5.97 Å². The molecule has 0 fully saturated rings. The summed E-state index contributed by atoms with van der Waals surface area (Å²) in [6.07, 6.45) is 1.26. The lowest BCUT2D eigenvalue weighted by molar-refractivity contribution is -0.131. The summed E-state index contributed by atoms with van der Waals surface area (Å²) in [5, 5.41) is 9.77. The Labute approximate surface area is 122 Å². The van der Waals surface area contributed by atoms with Gasteiger partial charge in [-0.3, -0.25) is 0 Å². The number of fused-ring (bicyclic) bond motifs is 3. The van der Waals surface area contributed by atoms with Crippen LogP contribution in [0.3, 0.4) is 0 Å². The van der Waals surface area contributed by atoms with Crippen LogP contribution in [0.1, 0.15) is 22.3 Å². The average Bonchev–Trinajstić information content (AvgIpc) is 2.70. The standard InChI is InChI=1S/C17H13ClO2/c1-9-6-7-12-13(8-15(19)20)11-4-3-5-14(18)17(11)16(12)10(9)2/h3-8H,1-2H3,(H,19,20)/b13-8-. The minimum Gasteiger partial charge on any atom is -0.478 e. The van der Waals surface area contributed by atoms with E-state index in [2.05, 4.69) is 0 Å². The highest BCUT2D eigenvalue weighted by atomic mass is 35.5. The third-order valence-electron chi connectivity index (χ3n) is 3.85. The Bertz CT molecular complexity index is 773. The van der Waals surface area contributed by atoms with E-state index in [0.29, 0.717) is 5.02 Å². The zero-order chi connectivity index (χ0) is 14.4. The molecule has 100 valence electrons. The Balaban J connectivity index is 2.45. The quantitative estimate of drug-likeness (QED) is 0.670. The number of carboxylic acid groups (broad SMARTS) is 1. The zero-order valence-electron chi connectivity index (χ0n) is 11.2. The second-order valence-corrected chi connectivity index (χ2v) is 5.40. The number of benzene rings is 2. The maximum Gasteiger partial charge on any atom is 0.328 e. The normalized spacial score (nSPS) is 14.2. The van der Waals surface area contributed by atoms with Gasteiger partial charge in [-0.05, 0) is 53.3 Å². The Morgan fingerprint density at radius 2 is 1.80 bits per heavy atom. The summed E-state index contributed by atoms with van der Waals surface area (Å²) in [7, 11) is 0. The van der Waals surface area contributed by atoms with Gasteiger partial charge in [-0.1, -0.05) is 35.9 Å². The van der Waals surface area contributed by atoms with Crippen molar-refractivity contribution >= 4 is 23.1 Å². The Hall–Kier alpha value is -2.06. The number of aliphatic carboxylic acids is 1. The molecule has 0 amide bonds. The largest absolute Gasteiger partial charge is 0.478 e. The van der Waals surface area contributed by atoms with Crippen LogP contribution >= 0.6 is 11.6 Å². The monoisotopic (exact) mass is 284 g/mol.